The summed E-state index contributed by atoms with van der Waals surface area (Å²) in [5.41, 5.74) is 0.249. The minimum absolute atomic E-state index is 0.0732. The number of carbonyl (C=O) groups is 2. The van der Waals surface area contributed by atoms with Gasteiger partial charge in [0, 0.05) is 26.7 Å². The number of para-hydroxylation sites is 1. The highest BCUT2D eigenvalue weighted by molar-refractivity contribution is 7.90. The Morgan fingerprint density at radius 3 is 2.11 bits per heavy atom. The zero-order valence-electron chi connectivity index (χ0n) is 20.5. The molecule has 0 bridgehead atoms. The van der Waals surface area contributed by atoms with Crippen LogP contribution in [-0.2, 0) is 26.3 Å². The molecule has 0 aliphatic heterocycles. The summed E-state index contributed by atoms with van der Waals surface area (Å²) in [7, 11) is -1.72. The van der Waals surface area contributed by atoms with Gasteiger partial charge in [-0.25, -0.2) is 13.1 Å². The van der Waals surface area contributed by atoms with Crippen LogP contribution in [-0.4, -0.2) is 62.2 Å². The van der Waals surface area contributed by atoms with Crippen LogP contribution in [0, 0.1) is 11.6 Å². The second kappa shape index (κ2) is 12.1. The first-order valence-corrected chi connectivity index (χ1v) is 12.6. The molecule has 0 aliphatic carbocycles. The first kappa shape index (κ1) is 28.2. The van der Waals surface area contributed by atoms with Crippen molar-refractivity contribution in [3.63, 3.8) is 0 Å². The van der Waals surface area contributed by atoms with Crippen molar-refractivity contribution in [1.82, 2.24) is 14.5 Å². The standard InChI is InChI=1S/C24H32F2N4O4S/c1-6-21(24(32)27-17(2)3)29(15-18-11-13-19(25)14-12-18)23(31)16-30(35(33,34)28(4)5)22-10-8-7-9-20(22)26/h7-14,17,21H,6,15-16H2,1-5H3,(H,27,32). The zero-order valence-corrected chi connectivity index (χ0v) is 21.4. The summed E-state index contributed by atoms with van der Waals surface area (Å²) in [6.45, 7) is 4.46. The maximum Gasteiger partial charge on any atom is 0.304 e. The molecule has 0 spiro atoms. The number of carbonyl (C=O) groups excluding carboxylic acids is 2. The summed E-state index contributed by atoms with van der Waals surface area (Å²) in [5, 5.41) is 2.77. The highest BCUT2D eigenvalue weighted by Gasteiger charge is 2.34. The summed E-state index contributed by atoms with van der Waals surface area (Å²) in [5.74, 6) is -2.40. The maximum absolute atomic E-state index is 14.6. The van der Waals surface area contributed by atoms with E-state index in [2.05, 4.69) is 5.32 Å². The van der Waals surface area contributed by atoms with E-state index in [0.29, 0.717) is 9.87 Å². The Labute approximate surface area is 205 Å². The van der Waals surface area contributed by atoms with Gasteiger partial charge in [0.05, 0.1) is 5.69 Å². The molecule has 2 aromatic carbocycles. The van der Waals surface area contributed by atoms with E-state index in [9.17, 15) is 26.8 Å². The normalized spacial score (nSPS) is 12.5. The van der Waals surface area contributed by atoms with Crippen molar-refractivity contribution >= 4 is 27.7 Å². The molecule has 1 unspecified atom stereocenters. The second-order valence-electron chi connectivity index (χ2n) is 8.48. The van der Waals surface area contributed by atoms with Gasteiger partial charge in [-0.2, -0.15) is 12.7 Å². The van der Waals surface area contributed by atoms with Crippen LogP contribution in [0.1, 0.15) is 32.8 Å². The van der Waals surface area contributed by atoms with Crippen molar-refractivity contribution in [1.29, 1.82) is 0 Å². The highest BCUT2D eigenvalue weighted by atomic mass is 32.2. The topological polar surface area (TPSA) is 90.0 Å². The number of nitrogens with zero attached hydrogens (tertiary/aromatic N) is 3. The Morgan fingerprint density at radius 1 is 1.00 bits per heavy atom. The predicted octanol–water partition coefficient (Wildman–Crippen LogP) is 2.91. The summed E-state index contributed by atoms with van der Waals surface area (Å²) in [4.78, 5) is 27.8. The fourth-order valence-corrected chi connectivity index (χ4v) is 4.51. The SMILES string of the molecule is CCC(C(=O)NC(C)C)N(Cc1ccc(F)cc1)C(=O)CN(c1ccccc1F)S(=O)(=O)N(C)C. The fraction of sp³-hybridized carbons (Fsp3) is 0.417. The van der Waals surface area contributed by atoms with Crippen molar-refractivity contribution < 1.29 is 26.8 Å². The lowest BCUT2D eigenvalue weighted by Gasteiger charge is -2.34. The number of halogens is 2. The number of hydrogen-bond donors (Lipinski definition) is 1. The van der Waals surface area contributed by atoms with Gasteiger partial charge in [-0.1, -0.05) is 31.2 Å². The zero-order chi connectivity index (χ0) is 26.3. The minimum atomic E-state index is -4.26. The van der Waals surface area contributed by atoms with Gasteiger partial charge in [0.1, 0.15) is 24.2 Å². The Balaban J connectivity index is 2.51. The van der Waals surface area contributed by atoms with Crippen molar-refractivity contribution in [3.05, 3.63) is 65.7 Å². The average Bonchev–Trinajstić information content (AvgIpc) is 2.78. The monoisotopic (exact) mass is 510 g/mol. The summed E-state index contributed by atoms with van der Waals surface area (Å²) < 4.78 is 55.7. The van der Waals surface area contributed by atoms with E-state index in [4.69, 9.17) is 0 Å². The van der Waals surface area contributed by atoms with E-state index in [1.807, 2.05) is 0 Å². The maximum atomic E-state index is 14.6. The number of rotatable bonds is 11. The minimum Gasteiger partial charge on any atom is -0.352 e. The molecule has 1 N–H and O–H groups in total. The molecule has 11 heteroatoms. The molecule has 0 heterocycles. The Bertz CT molecular complexity index is 1120. The van der Waals surface area contributed by atoms with Gasteiger partial charge < -0.3 is 10.2 Å². The molecule has 0 aliphatic rings. The lowest BCUT2D eigenvalue weighted by molar-refractivity contribution is -0.140. The van der Waals surface area contributed by atoms with Crippen LogP contribution in [0.5, 0.6) is 0 Å². The summed E-state index contributed by atoms with van der Waals surface area (Å²) in [6, 6.07) is 9.53. The van der Waals surface area contributed by atoms with Crippen LogP contribution in [0.15, 0.2) is 48.5 Å². The van der Waals surface area contributed by atoms with Crippen molar-refractivity contribution in [3.8, 4) is 0 Å². The molecule has 0 saturated heterocycles. The van der Waals surface area contributed by atoms with Gasteiger partial charge in [0.15, 0.2) is 0 Å². The van der Waals surface area contributed by atoms with E-state index >= 15 is 0 Å². The van der Waals surface area contributed by atoms with Gasteiger partial charge in [0.25, 0.3) is 0 Å². The third-order valence-corrected chi connectivity index (χ3v) is 7.03. The number of anilines is 1. The van der Waals surface area contributed by atoms with Crippen LogP contribution in [0.2, 0.25) is 0 Å². The van der Waals surface area contributed by atoms with E-state index < -0.39 is 46.2 Å². The molecule has 0 aromatic heterocycles. The quantitative estimate of drug-likeness (QED) is 0.503. The van der Waals surface area contributed by atoms with Gasteiger partial charge in [-0.3, -0.25) is 9.59 Å². The summed E-state index contributed by atoms with van der Waals surface area (Å²) in [6.07, 6.45) is 0.242. The smallest absolute Gasteiger partial charge is 0.304 e. The second-order valence-corrected chi connectivity index (χ2v) is 10.6. The molecule has 2 rings (SSSR count). The van der Waals surface area contributed by atoms with Gasteiger partial charge in [-0.05, 0) is 50.1 Å². The van der Waals surface area contributed by atoms with Crippen molar-refractivity contribution in [2.75, 3.05) is 24.9 Å². The number of nitrogens with one attached hydrogen (secondary N) is 1. The Kier molecular flexibility index (Phi) is 9.73. The molecule has 1 atom stereocenters. The molecule has 0 radical (unpaired) electrons. The van der Waals surface area contributed by atoms with Gasteiger partial charge >= 0.3 is 10.2 Å². The molecule has 8 nitrogen and oxygen atoms in total. The van der Waals surface area contributed by atoms with Gasteiger partial charge in [0.2, 0.25) is 11.8 Å². The first-order chi connectivity index (χ1) is 16.4. The highest BCUT2D eigenvalue weighted by Crippen LogP contribution is 2.24. The molecule has 2 amide bonds. The number of amides is 2. The molecule has 35 heavy (non-hydrogen) atoms. The molecule has 192 valence electrons. The van der Waals surface area contributed by atoms with Crippen LogP contribution < -0.4 is 9.62 Å². The third kappa shape index (κ3) is 7.22. The number of benzene rings is 2. The largest absolute Gasteiger partial charge is 0.352 e. The average molecular weight is 511 g/mol. The molecular weight excluding hydrogens is 478 g/mol. The molecular formula is C24H32F2N4O4S. The van der Waals surface area contributed by atoms with E-state index in [0.717, 1.165) is 10.4 Å². The van der Waals surface area contributed by atoms with Crippen LogP contribution in [0.25, 0.3) is 0 Å². The van der Waals surface area contributed by atoms with E-state index in [1.165, 1.54) is 61.5 Å². The van der Waals surface area contributed by atoms with Gasteiger partial charge in [-0.15, -0.1) is 0 Å². The van der Waals surface area contributed by atoms with Crippen molar-refractivity contribution in [2.24, 2.45) is 0 Å². The first-order valence-electron chi connectivity index (χ1n) is 11.2. The lowest BCUT2D eigenvalue weighted by atomic mass is 10.1. The molecule has 0 fully saturated rings. The van der Waals surface area contributed by atoms with Crippen LogP contribution in [0.4, 0.5) is 14.5 Å². The van der Waals surface area contributed by atoms with Crippen LogP contribution >= 0.6 is 0 Å². The summed E-state index contributed by atoms with van der Waals surface area (Å²) >= 11 is 0. The Morgan fingerprint density at radius 2 is 1.60 bits per heavy atom. The molecule has 0 saturated carbocycles. The third-order valence-electron chi connectivity index (χ3n) is 5.22. The van der Waals surface area contributed by atoms with Crippen LogP contribution in [0.3, 0.4) is 0 Å². The van der Waals surface area contributed by atoms with E-state index in [-0.39, 0.29) is 24.7 Å². The predicted molar refractivity (Wildman–Crippen MR) is 131 cm³/mol. The fourth-order valence-electron chi connectivity index (χ4n) is 3.44. The lowest BCUT2D eigenvalue weighted by Crippen LogP contribution is -2.54. The van der Waals surface area contributed by atoms with E-state index in [1.54, 1.807) is 20.8 Å². The van der Waals surface area contributed by atoms with Crippen molar-refractivity contribution in [2.45, 2.75) is 45.8 Å². The molecule has 2 aromatic rings. The Hall–Kier alpha value is -3.05. The number of hydrogen-bond acceptors (Lipinski definition) is 4.